The zero-order valence-electron chi connectivity index (χ0n) is 15.8. The summed E-state index contributed by atoms with van der Waals surface area (Å²) in [7, 11) is 2.17. The summed E-state index contributed by atoms with van der Waals surface area (Å²) in [6, 6.07) is 8.00. The Hall–Kier alpha value is -2.51. The topological polar surface area (TPSA) is 78.8 Å². The quantitative estimate of drug-likeness (QED) is 0.800. The molecule has 1 saturated heterocycles. The molecule has 0 aliphatic carbocycles. The van der Waals surface area contributed by atoms with E-state index in [0.29, 0.717) is 24.2 Å². The normalized spacial score (nSPS) is 18.4. The minimum absolute atomic E-state index is 0.353. The predicted molar refractivity (Wildman–Crippen MR) is 103 cm³/mol. The standard InChI is InChI=1S/C20H26N4O3/c1-3-17-13-24(10-9-23(17)2)12-16-11-15(20-21-7-4-8-22-20)5-6-18(16)27-14-19(25)26/h4-8,11,17H,3,9-10,12-14H2,1-2H3,(H,25,26). The summed E-state index contributed by atoms with van der Waals surface area (Å²) in [4.78, 5) is 24.3. The SMILES string of the molecule is CCC1CN(Cc2cc(-c3ncccn3)ccc2OCC(=O)O)CCN1C. The van der Waals surface area contributed by atoms with Crippen LogP contribution in [-0.4, -0.2) is 70.2 Å². The maximum atomic E-state index is 10.9. The third-order valence-electron chi connectivity index (χ3n) is 4.96. The van der Waals surface area contributed by atoms with Crippen LogP contribution in [0.3, 0.4) is 0 Å². The molecule has 0 saturated carbocycles. The van der Waals surface area contributed by atoms with Crippen molar-refractivity contribution in [2.75, 3.05) is 33.3 Å². The average molecular weight is 370 g/mol. The first-order valence-corrected chi connectivity index (χ1v) is 9.24. The predicted octanol–water partition coefficient (Wildman–Crippen LogP) is 2.13. The van der Waals surface area contributed by atoms with Crippen LogP contribution in [0.4, 0.5) is 0 Å². The van der Waals surface area contributed by atoms with Gasteiger partial charge in [-0.25, -0.2) is 14.8 Å². The summed E-state index contributed by atoms with van der Waals surface area (Å²) in [5, 5.41) is 8.95. The molecule has 27 heavy (non-hydrogen) atoms. The van der Waals surface area contributed by atoms with E-state index in [0.717, 1.165) is 37.2 Å². The Labute approximate surface area is 159 Å². The molecule has 1 aliphatic rings. The van der Waals surface area contributed by atoms with E-state index >= 15 is 0 Å². The molecule has 144 valence electrons. The van der Waals surface area contributed by atoms with E-state index in [9.17, 15) is 4.79 Å². The molecule has 7 nitrogen and oxygen atoms in total. The van der Waals surface area contributed by atoms with Crippen molar-refractivity contribution < 1.29 is 14.6 Å². The molecule has 1 unspecified atom stereocenters. The van der Waals surface area contributed by atoms with Gasteiger partial charge in [0.1, 0.15) is 5.75 Å². The van der Waals surface area contributed by atoms with Gasteiger partial charge >= 0.3 is 5.97 Å². The van der Waals surface area contributed by atoms with Gasteiger partial charge < -0.3 is 14.7 Å². The first-order valence-electron chi connectivity index (χ1n) is 9.24. The molecule has 0 amide bonds. The molecule has 3 rings (SSSR count). The van der Waals surface area contributed by atoms with E-state index in [1.54, 1.807) is 18.5 Å². The van der Waals surface area contributed by atoms with Gasteiger partial charge in [0.25, 0.3) is 0 Å². The number of nitrogens with zero attached hydrogens (tertiary/aromatic N) is 4. The first kappa shape index (κ1) is 19.3. The molecule has 1 aromatic carbocycles. The number of ether oxygens (including phenoxy) is 1. The highest BCUT2D eigenvalue weighted by Gasteiger charge is 2.24. The third kappa shape index (κ3) is 5.02. The van der Waals surface area contributed by atoms with Crippen molar-refractivity contribution in [3.8, 4) is 17.1 Å². The van der Waals surface area contributed by atoms with Gasteiger partial charge in [-0.3, -0.25) is 4.90 Å². The van der Waals surface area contributed by atoms with Gasteiger partial charge in [0, 0.05) is 55.7 Å². The number of carboxylic acids is 1. The Morgan fingerprint density at radius 1 is 1.30 bits per heavy atom. The van der Waals surface area contributed by atoms with Crippen molar-refractivity contribution in [3.05, 3.63) is 42.2 Å². The largest absolute Gasteiger partial charge is 0.482 e. The van der Waals surface area contributed by atoms with E-state index in [1.807, 2.05) is 18.2 Å². The highest BCUT2D eigenvalue weighted by Crippen LogP contribution is 2.27. The van der Waals surface area contributed by atoms with Crippen LogP contribution in [0.1, 0.15) is 18.9 Å². The molecule has 1 aliphatic heterocycles. The van der Waals surface area contributed by atoms with Crippen LogP contribution >= 0.6 is 0 Å². The van der Waals surface area contributed by atoms with E-state index in [2.05, 4.69) is 33.7 Å². The Morgan fingerprint density at radius 3 is 2.78 bits per heavy atom. The molecule has 1 fully saturated rings. The monoisotopic (exact) mass is 370 g/mol. The lowest BCUT2D eigenvalue weighted by Gasteiger charge is -2.39. The highest BCUT2D eigenvalue weighted by atomic mass is 16.5. The number of hydrogen-bond donors (Lipinski definition) is 1. The zero-order chi connectivity index (χ0) is 19.2. The highest BCUT2D eigenvalue weighted by molar-refractivity contribution is 5.68. The van der Waals surface area contributed by atoms with Crippen molar-refractivity contribution in [1.82, 2.24) is 19.8 Å². The van der Waals surface area contributed by atoms with Crippen molar-refractivity contribution in [1.29, 1.82) is 0 Å². The van der Waals surface area contributed by atoms with Gasteiger partial charge in [-0.15, -0.1) is 0 Å². The van der Waals surface area contributed by atoms with E-state index in [4.69, 9.17) is 9.84 Å². The number of piperazine rings is 1. The number of aromatic nitrogens is 2. The van der Waals surface area contributed by atoms with Gasteiger partial charge in [-0.1, -0.05) is 6.92 Å². The molecule has 0 bridgehead atoms. The van der Waals surface area contributed by atoms with Crippen molar-refractivity contribution in [2.45, 2.75) is 25.9 Å². The van der Waals surface area contributed by atoms with Crippen LogP contribution in [0.15, 0.2) is 36.7 Å². The fraction of sp³-hybridized carbons (Fsp3) is 0.450. The summed E-state index contributed by atoms with van der Waals surface area (Å²) < 4.78 is 5.53. The average Bonchev–Trinajstić information content (AvgIpc) is 2.69. The van der Waals surface area contributed by atoms with Gasteiger partial charge in [0.15, 0.2) is 12.4 Å². The number of aliphatic carboxylic acids is 1. The number of carboxylic acid groups (broad SMARTS) is 1. The Morgan fingerprint density at radius 2 is 2.07 bits per heavy atom. The van der Waals surface area contributed by atoms with Gasteiger partial charge in [-0.05, 0) is 37.7 Å². The van der Waals surface area contributed by atoms with Crippen LogP contribution in [0.25, 0.3) is 11.4 Å². The van der Waals surface area contributed by atoms with Crippen molar-refractivity contribution >= 4 is 5.97 Å². The molecule has 1 N–H and O–H groups in total. The third-order valence-corrected chi connectivity index (χ3v) is 4.96. The molecular weight excluding hydrogens is 344 g/mol. The molecule has 2 heterocycles. The van der Waals surface area contributed by atoms with Gasteiger partial charge in [-0.2, -0.15) is 0 Å². The molecule has 1 aromatic heterocycles. The van der Waals surface area contributed by atoms with Crippen LogP contribution in [0.5, 0.6) is 5.75 Å². The number of rotatable bonds is 7. The second-order valence-electron chi connectivity index (χ2n) is 6.86. The Bertz CT molecular complexity index is 769. The van der Waals surface area contributed by atoms with E-state index in [1.165, 1.54) is 0 Å². The summed E-state index contributed by atoms with van der Waals surface area (Å²) in [6.45, 7) is 5.54. The lowest BCUT2D eigenvalue weighted by atomic mass is 10.1. The second kappa shape index (κ2) is 8.92. The maximum absolute atomic E-state index is 10.9. The summed E-state index contributed by atoms with van der Waals surface area (Å²) >= 11 is 0. The fourth-order valence-corrected chi connectivity index (χ4v) is 3.41. The van der Waals surface area contributed by atoms with Crippen LogP contribution in [-0.2, 0) is 11.3 Å². The first-order chi connectivity index (χ1) is 13.1. The molecular formula is C20H26N4O3. The molecule has 1 atom stereocenters. The fourth-order valence-electron chi connectivity index (χ4n) is 3.41. The minimum Gasteiger partial charge on any atom is -0.482 e. The second-order valence-corrected chi connectivity index (χ2v) is 6.86. The van der Waals surface area contributed by atoms with Crippen molar-refractivity contribution in [2.24, 2.45) is 0 Å². The van der Waals surface area contributed by atoms with Gasteiger partial charge in [0.2, 0.25) is 0 Å². The minimum atomic E-state index is -0.984. The van der Waals surface area contributed by atoms with Crippen molar-refractivity contribution in [3.63, 3.8) is 0 Å². The van der Waals surface area contributed by atoms with Crippen LogP contribution in [0, 0.1) is 0 Å². The van der Waals surface area contributed by atoms with Crippen LogP contribution < -0.4 is 4.74 Å². The summed E-state index contributed by atoms with van der Waals surface area (Å²) in [5.41, 5.74) is 1.86. The van der Waals surface area contributed by atoms with E-state index in [-0.39, 0.29) is 6.61 Å². The maximum Gasteiger partial charge on any atom is 0.341 e. The number of likely N-dealkylation sites (N-methyl/N-ethyl adjacent to an activating group) is 1. The summed E-state index contributed by atoms with van der Waals surface area (Å²) in [5.74, 6) is 0.263. The summed E-state index contributed by atoms with van der Waals surface area (Å²) in [6.07, 6.45) is 4.53. The number of benzene rings is 1. The number of hydrogen-bond acceptors (Lipinski definition) is 6. The Kier molecular flexibility index (Phi) is 6.36. The molecule has 7 heteroatoms. The van der Waals surface area contributed by atoms with E-state index < -0.39 is 5.97 Å². The Balaban J connectivity index is 1.84. The number of carbonyl (C=O) groups is 1. The zero-order valence-corrected chi connectivity index (χ0v) is 15.8. The lowest BCUT2D eigenvalue weighted by Crippen LogP contribution is -2.50. The van der Waals surface area contributed by atoms with Gasteiger partial charge in [0.05, 0.1) is 0 Å². The molecule has 0 radical (unpaired) electrons. The molecule has 0 spiro atoms. The van der Waals surface area contributed by atoms with Crippen LogP contribution in [0.2, 0.25) is 0 Å². The lowest BCUT2D eigenvalue weighted by molar-refractivity contribution is -0.139. The molecule has 2 aromatic rings. The smallest absolute Gasteiger partial charge is 0.341 e.